The fourth-order valence-corrected chi connectivity index (χ4v) is 2.19. The molecule has 0 fully saturated rings. The Kier molecular flexibility index (Phi) is 6.29. The van der Waals surface area contributed by atoms with Crippen molar-refractivity contribution in [1.82, 2.24) is 0 Å². The Labute approximate surface area is 119 Å². The van der Waals surface area contributed by atoms with Gasteiger partial charge in [0.05, 0.1) is 11.1 Å². The summed E-state index contributed by atoms with van der Waals surface area (Å²) in [7, 11) is 0. The first kappa shape index (κ1) is 15.1. The van der Waals surface area contributed by atoms with Crippen molar-refractivity contribution in [1.29, 1.82) is 0 Å². The molecule has 1 rings (SSSR count). The van der Waals surface area contributed by atoms with Crippen LogP contribution in [-0.2, 0) is 4.79 Å². The molecule has 0 heterocycles. The van der Waals surface area contributed by atoms with Crippen LogP contribution in [0.5, 0.6) is 11.5 Å². The van der Waals surface area contributed by atoms with Crippen molar-refractivity contribution in [2.75, 3.05) is 12.4 Å². The van der Waals surface area contributed by atoms with E-state index in [1.54, 1.807) is 19.1 Å². The van der Waals surface area contributed by atoms with Crippen LogP contribution < -0.4 is 4.74 Å². The highest BCUT2D eigenvalue weighted by molar-refractivity contribution is 9.10. The van der Waals surface area contributed by atoms with Gasteiger partial charge >= 0.3 is 0 Å². The fraction of sp³-hybridized carbons (Fsp3) is 0.308. The van der Waals surface area contributed by atoms with Crippen LogP contribution in [-0.4, -0.2) is 22.6 Å². The maximum Gasteiger partial charge on any atom is 0.186 e. The largest absolute Gasteiger partial charge is 0.503 e. The number of ether oxygens (including phenoxy) is 1. The lowest BCUT2D eigenvalue weighted by atomic mass is 10.2. The van der Waals surface area contributed by atoms with Gasteiger partial charge in [-0.2, -0.15) is 0 Å². The molecule has 0 aliphatic rings. The molecular weight excluding hydrogens is 316 g/mol. The number of hydrogen-bond donors (Lipinski definition) is 1. The Hall–Kier alpha value is -0.940. The molecule has 98 valence electrons. The summed E-state index contributed by atoms with van der Waals surface area (Å²) in [6, 6.07) is 3.56. The second-order valence-electron chi connectivity index (χ2n) is 3.49. The molecule has 0 saturated carbocycles. The predicted octanol–water partition coefficient (Wildman–Crippen LogP) is 3.85. The Morgan fingerprint density at radius 2 is 2.28 bits per heavy atom. The molecule has 0 aliphatic heterocycles. The predicted molar refractivity (Wildman–Crippen MR) is 79.1 cm³/mol. The summed E-state index contributed by atoms with van der Waals surface area (Å²) in [5.74, 6) is 1.19. The van der Waals surface area contributed by atoms with Gasteiger partial charge in [0.15, 0.2) is 16.6 Å². The number of carbonyl (C=O) groups is 1. The number of phenols is 1. The summed E-state index contributed by atoms with van der Waals surface area (Å²) in [4.78, 5) is 10.8. The van der Waals surface area contributed by atoms with Crippen molar-refractivity contribution < 1.29 is 14.6 Å². The third-order valence-electron chi connectivity index (χ3n) is 2.04. The second kappa shape index (κ2) is 7.48. The monoisotopic (exact) mass is 330 g/mol. The second-order valence-corrected chi connectivity index (χ2v) is 5.54. The van der Waals surface area contributed by atoms with Crippen molar-refractivity contribution in [2.24, 2.45) is 0 Å². The topological polar surface area (TPSA) is 46.5 Å². The highest BCUT2D eigenvalue weighted by Crippen LogP contribution is 2.35. The molecular formula is C13H15BrO3S. The maximum atomic E-state index is 10.8. The van der Waals surface area contributed by atoms with Crippen molar-refractivity contribution in [3.8, 4) is 11.5 Å². The van der Waals surface area contributed by atoms with Gasteiger partial charge in [0.1, 0.15) is 0 Å². The summed E-state index contributed by atoms with van der Waals surface area (Å²) in [6.45, 7) is 3.90. The number of halogens is 1. The Balaban J connectivity index is 2.80. The Bertz CT molecular complexity index is 458. The molecule has 0 aliphatic carbocycles. The van der Waals surface area contributed by atoms with Crippen molar-refractivity contribution in [3.05, 3.63) is 28.2 Å². The molecule has 3 nitrogen and oxygen atoms in total. The van der Waals surface area contributed by atoms with Crippen LogP contribution in [0.15, 0.2) is 22.7 Å². The minimum absolute atomic E-state index is 0.0987. The summed E-state index contributed by atoms with van der Waals surface area (Å²) in [5, 5.41) is 9.85. The summed E-state index contributed by atoms with van der Waals surface area (Å²) in [6.07, 6.45) is 3.79. The first-order valence-corrected chi connectivity index (χ1v) is 7.27. The zero-order chi connectivity index (χ0) is 13.5. The summed E-state index contributed by atoms with van der Waals surface area (Å²) < 4.78 is 5.92. The SMILES string of the molecule is CCOc1cc(C=CCSC(C)=O)cc(Br)c1O. The van der Waals surface area contributed by atoms with Crippen LogP contribution in [0.1, 0.15) is 19.4 Å². The quantitative estimate of drug-likeness (QED) is 0.890. The van der Waals surface area contributed by atoms with E-state index >= 15 is 0 Å². The molecule has 0 aromatic heterocycles. The summed E-state index contributed by atoms with van der Waals surface area (Å²) in [5.41, 5.74) is 0.910. The van der Waals surface area contributed by atoms with Crippen molar-refractivity contribution >= 4 is 38.9 Å². The molecule has 0 saturated heterocycles. The molecule has 0 spiro atoms. The number of thioether (sulfide) groups is 1. The van der Waals surface area contributed by atoms with E-state index in [0.717, 1.165) is 5.56 Å². The maximum absolute atomic E-state index is 10.8. The highest BCUT2D eigenvalue weighted by Gasteiger charge is 2.07. The zero-order valence-corrected chi connectivity index (χ0v) is 12.7. The third-order valence-corrected chi connectivity index (χ3v) is 3.41. The van der Waals surface area contributed by atoms with Gasteiger partial charge in [0.25, 0.3) is 0 Å². The van der Waals surface area contributed by atoms with E-state index in [1.165, 1.54) is 11.8 Å². The molecule has 0 radical (unpaired) electrons. The van der Waals surface area contributed by atoms with E-state index in [-0.39, 0.29) is 10.9 Å². The summed E-state index contributed by atoms with van der Waals surface area (Å²) >= 11 is 4.53. The molecule has 0 bridgehead atoms. The van der Waals surface area contributed by atoms with E-state index in [0.29, 0.717) is 22.6 Å². The number of carbonyl (C=O) groups excluding carboxylic acids is 1. The Morgan fingerprint density at radius 1 is 1.56 bits per heavy atom. The average molecular weight is 331 g/mol. The highest BCUT2D eigenvalue weighted by atomic mass is 79.9. The van der Waals surface area contributed by atoms with Gasteiger partial charge in [0, 0.05) is 12.7 Å². The molecule has 0 atom stereocenters. The van der Waals surface area contributed by atoms with Crippen LogP contribution in [0.25, 0.3) is 6.08 Å². The van der Waals surface area contributed by atoms with Crippen LogP contribution in [0.3, 0.4) is 0 Å². The third kappa shape index (κ3) is 4.74. The van der Waals surface area contributed by atoms with Gasteiger partial charge in [-0.25, -0.2) is 0 Å². The number of rotatable bonds is 5. The van der Waals surface area contributed by atoms with Crippen molar-refractivity contribution in [3.63, 3.8) is 0 Å². The molecule has 0 amide bonds. The van der Waals surface area contributed by atoms with Gasteiger partial charge < -0.3 is 9.84 Å². The molecule has 1 N–H and O–H groups in total. The normalized spacial score (nSPS) is 10.8. The number of phenolic OH excluding ortho intramolecular Hbond substituents is 1. The molecule has 5 heteroatoms. The molecule has 1 aromatic carbocycles. The zero-order valence-electron chi connectivity index (χ0n) is 10.3. The van der Waals surface area contributed by atoms with Crippen LogP contribution >= 0.6 is 27.7 Å². The smallest absolute Gasteiger partial charge is 0.186 e. The first-order valence-electron chi connectivity index (χ1n) is 5.49. The van der Waals surface area contributed by atoms with E-state index < -0.39 is 0 Å². The number of aromatic hydroxyl groups is 1. The van der Waals surface area contributed by atoms with Gasteiger partial charge in [-0.15, -0.1) is 0 Å². The number of benzene rings is 1. The van der Waals surface area contributed by atoms with E-state index in [1.807, 2.05) is 19.1 Å². The van der Waals surface area contributed by atoms with E-state index in [2.05, 4.69) is 15.9 Å². The lowest BCUT2D eigenvalue weighted by molar-refractivity contribution is -0.109. The average Bonchev–Trinajstić information content (AvgIpc) is 2.31. The lowest BCUT2D eigenvalue weighted by Gasteiger charge is -2.08. The molecule has 1 aromatic rings. The Morgan fingerprint density at radius 3 is 2.89 bits per heavy atom. The van der Waals surface area contributed by atoms with Crippen molar-refractivity contribution in [2.45, 2.75) is 13.8 Å². The number of hydrogen-bond acceptors (Lipinski definition) is 4. The molecule has 18 heavy (non-hydrogen) atoms. The van der Waals surface area contributed by atoms with Crippen LogP contribution in [0.4, 0.5) is 0 Å². The van der Waals surface area contributed by atoms with Crippen LogP contribution in [0, 0.1) is 0 Å². The molecule has 0 unspecified atom stereocenters. The fourth-order valence-electron chi connectivity index (χ4n) is 1.31. The van der Waals surface area contributed by atoms with Gasteiger partial charge in [0.2, 0.25) is 0 Å². The minimum Gasteiger partial charge on any atom is -0.503 e. The van der Waals surface area contributed by atoms with Gasteiger partial charge in [-0.1, -0.05) is 23.9 Å². The standard InChI is InChI=1S/C13H15BrO3S/c1-3-17-12-8-10(7-11(14)13(12)16)5-4-6-18-9(2)15/h4-5,7-8,16H,3,6H2,1-2H3. The van der Waals surface area contributed by atoms with E-state index in [4.69, 9.17) is 4.74 Å². The van der Waals surface area contributed by atoms with Crippen LogP contribution in [0.2, 0.25) is 0 Å². The lowest BCUT2D eigenvalue weighted by Crippen LogP contribution is -1.92. The first-order chi connectivity index (χ1) is 8.54. The minimum atomic E-state index is 0.0987. The van der Waals surface area contributed by atoms with Gasteiger partial charge in [-0.05, 0) is 40.5 Å². The van der Waals surface area contributed by atoms with Gasteiger partial charge in [-0.3, -0.25) is 4.79 Å². The van der Waals surface area contributed by atoms with E-state index in [9.17, 15) is 9.90 Å².